The van der Waals surface area contributed by atoms with Gasteiger partial charge in [0.05, 0.1) is 11.4 Å². The smallest absolute Gasteiger partial charge is 0.260 e. The van der Waals surface area contributed by atoms with Crippen molar-refractivity contribution in [2.24, 2.45) is 0 Å². The molecule has 0 unspecified atom stereocenters. The predicted molar refractivity (Wildman–Crippen MR) is 102 cm³/mol. The minimum Gasteiger partial charge on any atom is -0.272 e. The normalized spacial score (nSPS) is 13.1. The van der Waals surface area contributed by atoms with E-state index in [1.807, 2.05) is 12.1 Å². The zero-order chi connectivity index (χ0) is 18.8. The molecular weight excluding hydrogens is 338 g/mol. The first-order valence-electron chi connectivity index (χ1n) is 8.48. The van der Waals surface area contributed by atoms with Gasteiger partial charge in [0, 0.05) is 11.1 Å². The van der Waals surface area contributed by atoms with Crippen LogP contribution in [0, 0.1) is 11.3 Å². The molecule has 0 radical (unpaired) electrons. The maximum absolute atomic E-state index is 13.1. The van der Waals surface area contributed by atoms with Gasteiger partial charge in [0.1, 0.15) is 6.07 Å². The Hall–Kier alpha value is -3.91. The SMILES string of the molecule is N#CC1N(C(=O)c2ccccc2)c2ccccc2N1C(=O)c1ccccc1. The summed E-state index contributed by atoms with van der Waals surface area (Å²) in [5.74, 6) is -0.643. The Balaban J connectivity index is 1.82. The van der Waals surface area contributed by atoms with Crippen molar-refractivity contribution in [3.05, 3.63) is 96.1 Å². The number of rotatable bonds is 2. The van der Waals surface area contributed by atoms with Crippen LogP contribution in [-0.2, 0) is 0 Å². The summed E-state index contributed by atoms with van der Waals surface area (Å²) in [6, 6.07) is 26.7. The fourth-order valence-electron chi connectivity index (χ4n) is 3.25. The molecule has 0 N–H and O–H groups in total. The van der Waals surface area contributed by atoms with Crippen molar-refractivity contribution >= 4 is 23.2 Å². The summed E-state index contributed by atoms with van der Waals surface area (Å²) in [6.45, 7) is 0. The lowest BCUT2D eigenvalue weighted by Gasteiger charge is -2.25. The monoisotopic (exact) mass is 353 g/mol. The zero-order valence-corrected chi connectivity index (χ0v) is 14.3. The van der Waals surface area contributed by atoms with Crippen molar-refractivity contribution in [3.8, 4) is 6.07 Å². The zero-order valence-electron chi connectivity index (χ0n) is 14.3. The summed E-state index contributed by atoms with van der Waals surface area (Å²) in [7, 11) is 0. The van der Waals surface area contributed by atoms with E-state index in [-0.39, 0.29) is 11.8 Å². The van der Waals surface area contributed by atoms with E-state index in [1.54, 1.807) is 72.8 Å². The second kappa shape index (κ2) is 6.77. The molecule has 3 aromatic carbocycles. The van der Waals surface area contributed by atoms with Crippen LogP contribution in [0.2, 0.25) is 0 Å². The van der Waals surface area contributed by atoms with E-state index in [2.05, 4.69) is 6.07 Å². The lowest BCUT2D eigenvalue weighted by atomic mass is 10.2. The van der Waals surface area contributed by atoms with Gasteiger partial charge in [-0.05, 0) is 36.4 Å². The van der Waals surface area contributed by atoms with Gasteiger partial charge in [-0.3, -0.25) is 19.4 Å². The molecular formula is C22H15N3O2. The summed E-state index contributed by atoms with van der Waals surface area (Å²) >= 11 is 0. The molecule has 0 atom stereocenters. The summed E-state index contributed by atoms with van der Waals surface area (Å²) < 4.78 is 0. The first kappa shape index (κ1) is 16.6. The number of fused-ring (bicyclic) bond motifs is 1. The van der Waals surface area contributed by atoms with Gasteiger partial charge in [-0.15, -0.1) is 0 Å². The number of nitrogens with zero attached hydrogens (tertiary/aromatic N) is 3. The van der Waals surface area contributed by atoms with Crippen molar-refractivity contribution in [2.45, 2.75) is 6.17 Å². The van der Waals surface area contributed by atoms with Crippen LogP contribution >= 0.6 is 0 Å². The highest BCUT2D eigenvalue weighted by molar-refractivity contribution is 6.17. The molecule has 2 amide bonds. The number of amides is 2. The molecule has 130 valence electrons. The number of carbonyl (C=O) groups is 2. The third kappa shape index (κ3) is 2.74. The number of hydrogen-bond donors (Lipinski definition) is 0. The van der Waals surface area contributed by atoms with E-state index < -0.39 is 6.17 Å². The molecule has 5 nitrogen and oxygen atoms in total. The third-order valence-corrected chi connectivity index (χ3v) is 4.48. The highest BCUT2D eigenvalue weighted by Gasteiger charge is 2.43. The second-order valence-corrected chi connectivity index (χ2v) is 6.07. The third-order valence-electron chi connectivity index (χ3n) is 4.48. The summed E-state index contributed by atoms with van der Waals surface area (Å²) in [5.41, 5.74) is 2.01. The van der Waals surface area contributed by atoms with Crippen LogP contribution in [0.15, 0.2) is 84.9 Å². The van der Waals surface area contributed by atoms with Crippen molar-refractivity contribution in [1.29, 1.82) is 5.26 Å². The van der Waals surface area contributed by atoms with Crippen molar-refractivity contribution in [1.82, 2.24) is 0 Å². The Bertz CT molecular complexity index is 963. The minimum absolute atomic E-state index is 0.321. The van der Waals surface area contributed by atoms with Gasteiger partial charge in [0.2, 0.25) is 6.17 Å². The van der Waals surface area contributed by atoms with Crippen LogP contribution in [-0.4, -0.2) is 18.0 Å². The number of benzene rings is 3. The van der Waals surface area contributed by atoms with Crippen LogP contribution in [0.1, 0.15) is 20.7 Å². The van der Waals surface area contributed by atoms with E-state index in [4.69, 9.17) is 0 Å². The molecule has 27 heavy (non-hydrogen) atoms. The van der Waals surface area contributed by atoms with Gasteiger partial charge >= 0.3 is 0 Å². The van der Waals surface area contributed by atoms with E-state index >= 15 is 0 Å². The van der Waals surface area contributed by atoms with Gasteiger partial charge in [0.25, 0.3) is 11.8 Å². The molecule has 4 rings (SSSR count). The Morgan fingerprint density at radius 1 is 0.667 bits per heavy atom. The first-order valence-corrected chi connectivity index (χ1v) is 8.48. The standard InChI is InChI=1S/C22H15N3O2/c23-15-20-24(21(26)16-9-3-1-4-10-16)18-13-7-8-14-19(18)25(20)22(27)17-11-5-2-6-12-17/h1-14,20H. The molecule has 1 aliphatic rings. The second-order valence-electron chi connectivity index (χ2n) is 6.07. The topological polar surface area (TPSA) is 64.4 Å². The van der Waals surface area contributed by atoms with E-state index in [0.717, 1.165) is 0 Å². The van der Waals surface area contributed by atoms with E-state index in [0.29, 0.717) is 22.5 Å². The molecule has 0 fully saturated rings. The Kier molecular flexibility index (Phi) is 4.15. The quantitative estimate of drug-likeness (QED) is 0.703. The number of anilines is 2. The maximum Gasteiger partial charge on any atom is 0.260 e. The Morgan fingerprint density at radius 2 is 1.04 bits per heavy atom. The highest BCUT2D eigenvalue weighted by atomic mass is 16.2. The van der Waals surface area contributed by atoms with Crippen LogP contribution in [0.25, 0.3) is 0 Å². The van der Waals surface area contributed by atoms with Gasteiger partial charge in [0.15, 0.2) is 0 Å². The summed E-state index contributed by atoms with van der Waals surface area (Å²) in [4.78, 5) is 29.0. The lowest BCUT2D eigenvalue weighted by molar-refractivity contribution is 0.0966. The lowest BCUT2D eigenvalue weighted by Crippen LogP contribution is -2.48. The predicted octanol–water partition coefficient (Wildman–Crippen LogP) is 3.84. The Morgan fingerprint density at radius 3 is 1.41 bits per heavy atom. The molecule has 1 aliphatic heterocycles. The fourth-order valence-corrected chi connectivity index (χ4v) is 3.25. The molecule has 0 saturated heterocycles. The molecule has 0 aliphatic carbocycles. The molecule has 3 aromatic rings. The number of para-hydroxylation sites is 2. The van der Waals surface area contributed by atoms with Crippen LogP contribution in [0.4, 0.5) is 11.4 Å². The summed E-state index contributed by atoms with van der Waals surface area (Å²) in [6.07, 6.45) is -1.05. The highest BCUT2D eigenvalue weighted by Crippen LogP contribution is 2.41. The van der Waals surface area contributed by atoms with Crippen LogP contribution < -0.4 is 9.80 Å². The van der Waals surface area contributed by atoms with Gasteiger partial charge in [-0.2, -0.15) is 5.26 Å². The molecule has 1 heterocycles. The van der Waals surface area contributed by atoms with Crippen molar-refractivity contribution < 1.29 is 9.59 Å². The van der Waals surface area contributed by atoms with Gasteiger partial charge < -0.3 is 0 Å². The van der Waals surface area contributed by atoms with Crippen LogP contribution in [0.5, 0.6) is 0 Å². The van der Waals surface area contributed by atoms with Crippen LogP contribution in [0.3, 0.4) is 0 Å². The van der Waals surface area contributed by atoms with Gasteiger partial charge in [-0.1, -0.05) is 48.5 Å². The average Bonchev–Trinajstić information content (AvgIpc) is 3.08. The number of hydrogen-bond acceptors (Lipinski definition) is 3. The van der Waals surface area contributed by atoms with Crippen molar-refractivity contribution in [2.75, 3.05) is 9.80 Å². The maximum atomic E-state index is 13.1. The number of carbonyl (C=O) groups excluding carboxylic acids is 2. The largest absolute Gasteiger partial charge is 0.272 e. The first-order chi connectivity index (χ1) is 13.2. The molecule has 0 spiro atoms. The number of nitriles is 1. The Labute approximate surface area is 156 Å². The van der Waals surface area contributed by atoms with E-state index in [1.165, 1.54) is 9.80 Å². The molecule has 5 heteroatoms. The van der Waals surface area contributed by atoms with Crippen molar-refractivity contribution in [3.63, 3.8) is 0 Å². The summed E-state index contributed by atoms with van der Waals surface area (Å²) in [5, 5.41) is 9.83. The molecule has 0 bridgehead atoms. The van der Waals surface area contributed by atoms with Gasteiger partial charge in [-0.25, -0.2) is 0 Å². The molecule has 0 saturated carbocycles. The molecule has 0 aromatic heterocycles. The minimum atomic E-state index is -1.05. The fraction of sp³-hybridized carbons (Fsp3) is 0.0455. The van der Waals surface area contributed by atoms with E-state index in [9.17, 15) is 14.9 Å². The average molecular weight is 353 g/mol.